The fraction of sp³-hybridized carbons (Fsp3) is 0.429. The van der Waals surface area contributed by atoms with Crippen molar-refractivity contribution >= 4 is 23.4 Å². The topological polar surface area (TPSA) is 15.3 Å². The molecule has 0 bridgehead atoms. The number of likely N-dealkylation sites (tertiary alicyclic amines) is 1. The lowest BCUT2D eigenvalue weighted by Crippen LogP contribution is -2.39. The Morgan fingerprint density at radius 2 is 2.08 bits per heavy atom. The van der Waals surface area contributed by atoms with Crippen molar-refractivity contribution < 1.29 is 0 Å². The maximum Gasteiger partial charge on any atom is 0.0409 e. The second kappa shape index (κ2) is 7.71. The molecule has 0 unspecified atom stereocenters. The number of likely N-dealkylation sites (N-methyl/N-ethyl adjacent to an activating group) is 1. The summed E-state index contributed by atoms with van der Waals surface area (Å²) in [6, 6.07) is 16.1. The van der Waals surface area contributed by atoms with Gasteiger partial charge in [0.1, 0.15) is 0 Å². The maximum atomic E-state index is 6.27. The van der Waals surface area contributed by atoms with E-state index in [4.69, 9.17) is 11.6 Å². The van der Waals surface area contributed by atoms with Crippen molar-refractivity contribution in [2.24, 2.45) is 0 Å². The monoisotopic (exact) mass is 372 g/mol. The summed E-state index contributed by atoms with van der Waals surface area (Å²) >= 11 is 8.14. The van der Waals surface area contributed by atoms with Gasteiger partial charge in [-0.1, -0.05) is 48.5 Å². The molecule has 2 aliphatic heterocycles. The summed E-state index contributed by atoms with van der Waals surface area (Å²) in [5.41, 5.74) is 2.77. The highest BCUT2D eigenvalue weighted by molar-refractivity contribution is 7.99. The van der Waals surface area contributed by atoms with Crippen LogP contribution < -0.4 is 5.32 Å². The Labute approximate surface area is 159 Å². The zero-order chi connectivity index (χ0) is 17.2. The number of rotatable bonds is 4. The molecule has 0 aliphatic carbocycles. The molecule has 2 nitrogen and oxygen atoms in total. The molecule has 0 spiro atoms. The van der Waals surface area contributed by atoms with Crippen molar-refractivity contribution in [1.82, 2.24) is 10.2 Å². The zero-order valence-corrected chi connectivity index (χ0v) is 16.2. The van der Waals surface area contributed by atoms with Gasteiger partial charge in [0.2, 0.25) is 0 Å². The number of fused-ring (bicyclic) bond motifs is 2. The van der Waals surface area contributed by atoms with E-state index in [1.807, 2.05) is 17.8 Å². The standard InChI is InChI=1S/C21H25ClN2S/c1-2-24-11-5-6-17(24)14-23-19-13-15-12-16(22)9-10-20(15)25-21-8-4-3-7-18(19)21/h3-4,7-10,12,17,19,23H,2,5-6,11,13-14H2,1H3/t17-,19-/m1/s1. The molecule has 2 aromatic carbocycles. The molecule has 2 aromatic rings. The maximum absolute atomic E-state index is 6.27. The Morgan fingerprint density at radius 3 is 2.96 bits per heavy atom. The van der Waals surface area contributed by atoms with Crippen LogP contribution >= 0.6 is 23.4 Å². The number of halogens is 1. The van der Waals surface area contributed by atoms with Crippen LogP contribution in [0.2, 0.25) is 5.02 Å². The van der Waals surface area contributed by atoms with Crippen LogP contribution in [0.4, 0.5) is 0 Å². The highest BCUT2D eigenvalue weighted by atomic mass is 35.5. The van der Waals surface area contributed by atoms with Crippen molar-refractivity contribution in [2.75, 3.05) is 19.6 Å². The summed E-state index contributed by atoms with van der Waals surface area (Å²) in [6.45, 7) is 5.74. The molecule has 132 valence electrons. The Balaban J connectivity index is 1.59. The predicted molar refractivity (Wildman–Crippen MR) is 107 cm³/mol. The van der Waals surface area contributed by atoms with Gasteiger partial charge >= 0.3 is 0 Å². The van der Waals surface area contributed by atoms with Crippen LogP contribution in [0.25, 0.3) is 0 Å². The Morgan fingerprint density at radius 1 is 1.20 bits per heavy atom. The third-order valence-corrected chi connectivity index (χ3v) is 6.91. The average molecular weight is 373 g/mol. The fourth-order valence-corrected chi connectivity index (χ4v) is 5.44. The Bertz CT molecular complexity index is 748. The van der Waals surface area contributed by atoms with Crippen molar-refractivity contribution in [2.45, 2.75) is 48.1 Å². The van der Waals surface area contributed by atoms with Crippen molar-refractivity contribution in [3.05, 3.63) is 58.6 Å². The summed E-state index contributed by atoms with van der Waals surface area (Å²) in [7, 11) is 0. The van der Waals surface area contributed by atoms with Crippen molar-refractivity contribution in [1.29, 1.82) is 0 Å². The number of nitrogens with one attached hydrogen (secondary N) is 1. The molecule has 25 heavy (non-hydrogen) atoms. The van der Waals surface area contributed by atoms with Crippen LogP contribution in [0, 0.1) is 0 Å². The molecule has 4 heteroatoms. The molecule has 0 aromatic heterocycles. The van der Waals surface area contributed by atoms with E-state index in [0.29, 0.717) is 12.1 Å². The van der Waals surface area contributed by atoms with Gasteiger partial charge in [0.15, 0.2) is 0 Å². The normalized spacial score (nSPS) is 23.1. The molecule has 2 heterocycles. The third-order valence-electron chi connectivity index (χ3n) is 5.47. The molecule has 1 saturated heterocycles. The summed E-state index contributed by atoms with van der Waals surface area (Å²) in [5.74, 6) is 0. The van der Waals surface area contributed by atoms with Crippen molar-refractivity contribution in [3.8, 4) is 0 Å². The summed E-state index contributed by atoms with van der Waals surface area (Å²) in [6.07, 6.45) is 3.64. The summed E-state index contributed by atoms with van der Waals surface area (Å²) < 4.78 is 0. The van der Waals surface area contributed by atoms with Crippen LogP contribution in [-0.4, -0.2) is 30.6 Å². The largest absolute Gasteiger partial charge is 0.308 e. The van der Waals surface area contributed by atoms with Gasteiger partial charge in [-0.05, 0) is 67.7 Å². The van der Waals surface area contributed by atoms with E-state index < -0.39 is 0 Å². The quantitative estimate of drug-likeness (QED) is 0.797. The molecular weight excluding hydrogens is 348 g/mol. The van der Waals surface area contributed by atoms with Gasteiger partial charge in [0, 0.05) is 33.4 Å². The van der Waals surface area contributed by atoms with Gasteiger partial charge in [-0.15, -0.1) is 0 Å². The third kappa shape index (κ3) is 3.75. The van der Waals surface area contributed by atoms with Gasteiger partial charge in [-0.2, -0.15) is 0 Å². The van der Waals surface area contributed by atoms with E-state index in [-0.39, 0.29) is 0 Å². The summed E-state index contributed by atoms with van der Waals surface area (Å²) in [5, 5.41) is 4.72. The molecule has 1 fully saturated rings. The van der Waals surface area contributed by atoms with Crippen LogP contribution in [0.15, 0.2) is 52.3 Å². The number of nitrogens with zero attached hydrogens (tertiary/aromatic N) is 1. The zero-order valence-electron chi connectivity index (χ0n) is 14.7. The Kier molecular flexibility index (Phi) is 5.37. The van der Waals surface area contributed by atoms with Gasteiger partial charge < -0.3 is 5.32 Å². The molecule has 2 atom stereocenters. The van der Waals surface area contributed by atoms with Crippen LogP contribution in [0.1, 0.15) is 36.9 Å². The first-order chi connectivity index (χ1) is 12.2. The predicted octanol–water partition coefficient (Wildman–Crippen LogP) is 5.16. The summed E-state index contributed by atoms with van der Waals surface area (Å²) in [4.78, 5) is 5.30. The molecular formula is C21H25ClN2S. The molecule has 2 aliphatic rings. The van der Waals surface area contributed by atoms with Crippen LogP contribution in [-0.2, 0) is 6.42 Å². The average Bonchev–Trinajstić information content (AvgIpc) is 3.02. The van der Waals surface area contributed by atoms with Crippen LogP contribution in [0.3, 0.4) is 0 Å². The second-order valence-corrected chi connectivity index (χ2v) is 8.50. The second-order valence-electron chi connectivity index (χ2n) is 6.98. The fourth-order valence-electron chi connectivity index (χ4n) is 4.12. The highest BCUT2D eigenvalue weighted by Crippen LogP contribution is 2.41. The van der Waals surface area contributed by atoms with E-state index in [9.17, 15) is 0 Å². The van der Waals surface area contributed by atoms with Gasteiger partial charge in [-0.3, -0.25) is 4.90 Å². The van der Waals surface area contributed by atoms with E-state index in [0.717, 1.165) is 24.5 Å². The number of hydrogen-bond acceptors (Lipinski definition) is 3. The lowest BCUT2D eigenvalue weighted by Gasteiger charge is -2.26. The highest BCUT2D eigenvalue weighted by Gasteiger charge is 2.26. The first-order valence-corrected chi connectivity index (χ1v) is 10.5. The molecule has 0 radical (unpaired) electrons. The van der Waals surface area contributed by atoms with Gasteiger partial charge in [0.25, 0.3) is 0 Å². The number of hydrogen-bond donors (Lipinski definition) is 1. The van der Waals surface area contributed by atoms with Crippen LogP contribution in [0.5, 0.6) is 0 Å². The lowest BCUT2D eigenvalue weighted by atomic mass is 9.98. The Hall–Kier alpha value is -1.00. The van der Waals surface area contributed by atoms with E-state index in [1.165, 1.54) is 40.3 Å². The van der Waals surface area contributed by atoms with Gasteiger partial charge in [0.05, 0.1) is 0 Å². The smallest absolute Gasteiger partial charge is 0.0409 e. The molecule has 4 rings (SSSR count). The van der Waals surface area contributed by atoms with Gasteiger partial charge in [-0.25, -0.2) is 0 Å². The number of benzene rings is 2. The van der Waals surface area contributed by atoms with Crippen molar-refractivity contribution in [3.63, 3.8) is 0 Å². The van der Waals surface area contributed by atoms with E-state index >= 15 is 0 Å². The first kappa shape index (κ1) is 17.4. The minimum absolute atomic E-state index is 0.350. The molecule has 1 N–H and O–H groups in total. The molecule has 0 saturated carbocycles. The van der Waals surface area contributed by atoms with E-state index in [1.54, 1.807) is 0 Å². The van der Waals surface area contributed by atoms with E-state index in [2.05, 4.69) is 53.5 Å². The first-order valence-electron chi connectivity index (χ1n) is 9.27. The minimum atomic E-state index is 0.350. The molecule has 0 amide bonds. The lowest BCUT2D eigenvalue weighted by molar-refractivity contribution is 0.253. The SMILES string of the molecule is CCN1CCC[C@@H]1CN[C@@H]1Cc2cc(Cl)ccc2Sc2ccccc21. The minimum Gasteiger partial charge on any atom is -0.308 e.